The van der Waals surface area contributed by atoms with E-state index >= 15 is 0 Å². The minimum atomic E-state index is -1.48. The van der Waals surface area contributed by atoms with Crippen molar-refractivity contribution in [2.75, 3.05) is 0 Å². The van der Waals surface area contributed by atoms with E-state index in [0.717, 1.165) is 22.8 Å². The van der Waals surface area contributed by atoms with Gasteiger partial charge in [-0.1, -0.05) is 29.8 Å². The Kier molecular flexibility index (Phi) is 4.39. The number of hydrogen-bond donors (Lipinski definition) is 0. The molecule has 0 amide bonds. The average molecular weight is 299 g/mol. The van der Waals surface area contributed by atoms with E-state index in [9.17, 15) is 13.2 Å². The molecule has 0 spiro atoms. The fourth-order valence-corrected chi connectivity index (χ4v) is 2.44. The van der Waals surface area contributed by atoms with Gasteiger partial charge >= 0.3 is 0 Å². The van der Waals surface area contributed by atoms with Gasteiger partial charge in [0.2, 0.25) is 0 Å². The fraction of sp³-hybridized carbons (Fsp3) is 0.250. The summed E-state index contributed by atoms with van der Waals surface area (Å²) < 4.78 is 39.8. The number of rotatable bonds is 3. The molecular formula is C16H14ClF3. The van der Waals surface area contributed by atoms with E-state index in [1.165, 1.54) is 6.07 Å². The third kappa shape index (κ3) is 2.98. The molecule has 0 fully saturated rings. The third-order valence-corrected chi connectivity index (χ3v) is 3.70. The smallest absolute Gasteiger partial charge is 0.194 e. The largest absolute Gasteiger partial charge is 0.204 e. The van der Waals surface area contributed by atoms with E-state index in [1.807, 2.05) is 32.0 Å². The first-order valence-corrected chi connectivity index (χ1v) is 6.67. The van der Waals surface area contributed by atoms with Gasteiger partial charge in [0.15, 0.2) is 17.5 Å². The molecule has 0 aliphatic carbocycles. The van der Waals surface area contributed by atoms with Crippen LogP contribution in [0.25, 0.3) is 0 Å². The standard InChI is InChI=1S/C16H14ClF3/c1-9-3-4-10(2)11(7-9)8-13(17)12-5-6-14(18)16(20)15(12)19/h3-7,13H,8H2,1-2H3. The van der Waals surface area contributed by atoms with Crippen LogP contribution in [0.15, 0.2) is 30.3 Å². The van der Waals surface area contributed by atoms with Crippen LogP contribution >= 0.6 is 11.6 Å². The van der Waals surface area contributed by atoms with Crippen LogP contribution in [0.5, 0.6) is 0 Å². The maximum Gasteiger partial charge on any atom is 0.194 e. The quantitative estimate of drug-likeness (QED) is 0.537. The second-order valence-electron chi connectivity index (χ2n) is 4.87. The predicted molar refractivity (Wildman–Crippen MR) is 74.5 cm³/mol. The van der Waals surface area contributed by atoms with Crippen molar-refractivity contribution in [3.63, 3.8) is 0 Å². The van der Waals surface area contributed by atoms with Gasteiger partial charge in [-0.05, 0) is 37.5 Å². The Bertz CT molecular complexity index is 638. The molecular weight excluding hydrogens is 285 g/mol. The highest BCUT2D eigenvalue weighted by molar-refractivity contribution is 6.21. The molecule has 1 atom stereocenters. The molecule has 0 radical (unpaired) electrons. The summed E-state index contributed by atoms with van der Waals surface area (Å²) in [7, 11) is 0. The Hall–Kier alpha value is -1.48. The second kappa shape index (κ2) is 5.88. The van der Waals surface area contributed by atoms with Gasteiger partial charge in [-0.2, -0.15) is 0 Å². The van der Waals surface area contributed by atoms with E-state index < -0.39 is 22.8 Å². The maximum absolute atomic E-state index is 13.7. The normalized spacial score (nSPS) is 12.5. The van der Waals surface area contributed by atoms with Crippen molar-refractivity contribution in [2.45, 2.75) is 25.6 Å². The molecule has 106 valence electrons. The molecule has 0 aliphatic rings. The summed E-state index contributed by atoms with van der Waals surface area (Å²) >= 11 is 6.17. The Morgan fingerprint density at radius 3 is 2.40 bits per heavy atom. The summed E-state index contributed by atoms with van der Waals surface area (Å²) in [5.74, 6) is -3.90. The monoisotopic (exact) mass is 298 g/mol. The number of hydrogen-bond acceptors (Lipinski definition) is 0. The van der Waals surface area contributed by atoms with E-state index in [-0.39, 0.29) is 5.56 Å². The molecule has 2 rings (SSSR count). The van der Waals surface area contributed by atoms with Gasteiger partial charge in [-0.3, -0.25) is 0 Å². The van der Waals surface area contributed by atoms with Crippen molar-refractivity contribution in [3.8, 4) is 0 Å². The van der Waals surface area contributed by atoms with Crippen LogP contribution in [0.2, 0.25) is 0 Å². The number of alkyl halides is 1. The Morgan fingerprint density at radius 2 is 1.70 bits per heavy atom. The molecule has 2 aromatic rings. The number of halogens is 4. The first kappa shape index (κ1) is 14.9. The van der Waals surface area contributed by atoms with Crippen molar-refractivity contribution in [1.29, 1.82) is 0 Å². The first-order chi connectivity index (χ1) is 9.40. The summed E-state index contributed by atoms with van der Waals surface area (Å²) in [6.45, 7) is 3.88. The average Bonchev–Trinajstić information content (AvgIpc) is 2.40. The number of aryl methyl sites for hydroxylation is 2. The van der Waals surface area contributed by atoms with Gasteiger partial charge in [0.1, 0.15) is 0 Å². The van der Waals surface area contributed by atoms with Crippen LogP contribution in [0, 0.1) is 31.3 Å². The zero-order chi connectivity index (χ0) is 14.9. The summed E-state index contributed by atoms with van der Waals surface area (Å²) in [5, 5.41) is -0.745. The molecule has 1 unspecified atom stereocenters. The Morgan fingerprint density at radius 1 is 1.00 bits per heavy atom. The molecule has 0 saturated heterocycles. The zero-order valence-electron chi connectivity index (χ0n) is 11.2. The fourth-order valence-electron chi connectivity index (χ4n) is 2.11. The summed E-state index contributed by atoms with van der Waals surface area (Å²) in [4.78, 5) is 0. The van der Waals surface area contributed by atoms with Crippen LogP contribution in [0.1, 0.15) is 27.6 Å². The van der Waals surface area contributed by atoms with Crippen molar-refractivity contribution in [1.82, 2.24) is 0 Å². The van der Waals surface area contributed by atoms with Crippen molar-refractivity contribution in [2.24, 2.45) is 0 Å². The molecule has 2 aromatic carbocycles. The molecule has 0 bridgehead atoms. The Balaban J connectivity index is 2.31. The van der Waals surface area contributed by atoms with Gasteiger partial charge in [0.05, 0.1) is 5.38 Å². The third-order valence-electron chi connectivity index (χ3n) is 3.31. The van der Waals surface area contributed by atoms with Crippen molar-refractivity contribution < 1.29 is 13.2 Å². The highest BCUT2D eigenvalue weighted by Crippen LogP contribution is 2.30. The van der Waals surface area contributed by atoms with Crippen molar-refractivity contribution in [3.05, 3.63) is 70.0 Å². The van der Waals surface area contributed by atoms with Crippen LogP contribution in [-0.2, 0) is 6.42 Å². The van der Waals surface area contributed by atoms with Gasteiger partial charge < -0.3 is 0 Å². The second-order valence-corrected chi connectivity index (χ2v) is 5.39. The van der Waals surface area contributed by atoms with Crippen LogP contribution in [0.3, 0.4) is 0 Å². The predicted octanol–water partition coefficient (Wildman–Crippen LogP) is 5.24. The molecule has 0 aromatic heterocycles. The van der Waals surface area contributed by atoms with Crippen LogP contribution in [-0.4, -0.2) is 0 Å². The lowest BCUT2D eigenvalue weighted by Crippen LogP contribution is -2.04. The minimum absolute atomic E-state index is 0.0218. The summed E-state index contributed by atoms with van der Waals surface area (Å²) in [6, 6.07) is 7.97. The first-order valence-electron chi connectivity index (χ1n) is 6.23. The molecule has 0 heterocycles. The van der Waals surface area contributed by atoms with E-state index in [2.05, 4.69) is 0 Å². The lowest BCUT2D eigenvalue weighted by molar-refractivity contribution is 0.440. The lowest BCUT2D eigenvalue weighted by Gasteiger charge is -2.14. The van der Waals surface area contributed by atoms with E-state index in [1.54, 1.807) is 0 Å². The maximum atomic E-state index is 13.7. The molecule has 4 heteroatoms. The molecule has 0 N–H and O–H groups in total. The topological polar surface area (TPSA) is 0 Å². The highest BCUT2D eigenvalue weighted by Gasteiger charge is 2.20. The molecule has 0 aliphatic heterocycles. The summed E-state index contributed by atoms with van der Waals surface area (Å²) in [6.07, 6.45) is 0.358. The lowest BCUT2D eigenvalue weighted by atomic mass is 9.98. The van der Waals surface area contributed by atoms with Crippen molar-refractivity contribution >= 4 is 11.6 Å². The van der Waals surface area contributed by atoms with E-state index in [4.69, 9.17) is 11.6 Å². The molecule has 20 heavy (non-hydrogen) atoms. The van der Waals surface area contributed by atoms with Gasteiger partial charge in [-0.15, -0.1) is 11.6 Å². The van der Waals surface area contributed by atoms with Crippen LogP contribution in [0.4, 0.5) is 13.2 Å². The van der Waals surface area contributed by atoms with Gasteiger partial charge in [0.25, 0.3) is 0 Å². The van der Waals surface area contributed by atoms with Gasteiger partial charge in [0, 0.05) is 5.56 Å². The van der Waals surface area contributed by atoms with E-state index in [0.29, 0.717) is 6.42 Å². The van der Waals surface area contributed by atoms with Gasteiger partial charge in [-0.25, -0.2) is 13.2 Å². The molecule has 0 saturated carbocycles. The SMILES string of the molecule is Cc1ccc(C)c(CC(Cl)c2ccc(F)c(F)c2F)c1. The van der Waals surface area contributed by atoms with Crippen LogP contribution < -0.4 is 0 Å². The number of benzene rings is 2. The highest BCUT2D eigenvalue weighted by atomic mass is 35.5. The zero-order valence-corrected chi connectivity index (χ0v) is 11.9. The Labute approximate surface area is 121 Å². The molecule has 0 nitrogen and oxygen atoms in total. The minimum Gasteiger partial charge on any atom is -0.204 e. The summed E-state index contributed by atoms with van der Waals surface area (Å²) in [5.41, 5.74) is 3.05.